The minimum absolute atomic E-state index is 0.0215. The summed E-state index contributed by atoms with van der Waals surface area (Å²) in [5, 5.41) is 0. The van der Waals surface area contributed by atoms with E-state index in [-0.39, 0.29) is 28.9 Å². The van der Waals surface area contributed by atoms with Crippen molar-refractivity contribution in [2.75, 3.05) is 0 Å². The van der Waals surface area contributed by atoms with Gasteiger partial charge in [0, 0.05) is 31.0 Å². The Labute approximate surface area is 151 Å². The van der Waals surface area contributed by atoms with Gasteiger partial charge in [-0.2, -0.15) is 0 Å². The summed E-state index contributed by atoms with van der Waals surface area (Å²) in [5.41, 5.74) is 1.76. The summed E-state index contributed by atoms with van der Waals surface area (Å²) in [6, 6.07) is 19.1. The molecular formula is C22H26O2Si. The van der Waals surface area contributed by atoms with Crippen molar-refractivity contribution in [3.63, 3.8) is 0 Å². The molecule has 0 amide bonds. The topological polar surface area (TPSA) is 34.1 Å². The second-order valence-electron chi connectivity index (χ2n) is 8.14. The number of carbonyl (C=O) groups excluding carboxylic acids is 2. The molecule has 1 saturated carbocycles. The van der Waals surface area contributed by atoms with Gasteiger partial charge in [-0.25, -0.2) is 0 Å². The van der Waals surface area contributed by atoms with Gasteiger partial charge in [0.2, 0.25) is 0 Å². The number of hydrogen-bond donors (Lipinski definition) is 0. The molecule has 0 unspecified atom stereocenters. The molecule has 0 bridgehead atoms. The molecule has 3 rings (SSSR count). The van der Waals surface area contributed by atoms with Crippen molar-refractivity contribution < 1.29 is 9.59 Å². The summed E-state index contributed by atoms with van der Waals surface area (Å²) in [6.07, 6.45) is 1.65. The minimum Gasteiger partial charge on any atom is -0.294 e. The maximum atomic E-state index is 13.1. The summed E-state index contributed by atoms with van der Waals surface area (Å²) in [7, 11) is -1.68. The van der Waals surface area contributed by atoms with E-state index >= 15 is 0 Å². The van der Waals surface area contributed by atoms with Crippen molar-refractivity contribution in [1.29, 1.82) is 0 Å². The second-order valence-corrected chi connectivity index (χ2v) is 13.5. The lowest BCUT2D eigenvalue weighted by Crippen LogP contribution is -2.39. The highest BCUT2D eigenvalue weighted by Gasteiger charge is 2.49. The Morgan fingerprint density at radius 3 is 1.40 bits per heavy atom. The van der Waals surface area contributed by atoms with Gasteiger partial charge in [0.1, 0.15) is 0 Å². The van der Waals surface area contributed by atoms with Crippen molar-refractivity contribution in [3.05, 3.63) is 71.8 Å². The average Bonchev–Trinajstić information content (AvgIpc) is 3.07. The van der Waals surface area contributed by atoms with E-state index in [1.807, 2.05) is 60.7 Å². The smallest absolute Gasteiger partial charge is 0.165 e. The van der Waals surface area contributed by atoms with E-state index < -0.39 is 8.07 Å². The molecule has 1 aliphatic rings. The summed E-state index contributed by atoms with van der Waals surface area (Å²) in [4.78, 5) is 26.2. The van der Waals surface area contributed by atoms with Crippen LogP contribution in [0.15, 0.2) is 60.7 Å². The van der Waals surface area contributed by atoms with Gasteiger partial charge in [0.05, 0.1) is 0 Å². The highest BCUT2D eigenvalue weighted by atomic mass is 28.3. The van der Waals surface area contributed by atoms with E-state index in [1.54, 1.807) is 0 Å². The SMILES string of the molecule is C[Si](C)(C)C1[C@H](C(=O)c2ccccc2)CC[C@H]1C(=O)c1ccccc1. The number of Topliss-reactive ketones (excluding diaryl/α,β-unsaturated/α-hetero) is 2. The average molecular weight is 351 g/mol. The molecule has 0 N–H and O–H groups in total. The zero-order chi connectivity index (χ0) is 18.0. The van der Waals surface area contributed by atoms with Gasteiger partial charge in [-0.1, -0.05) is 80.3 Å². The predicted molar refractivity (Wildman–Crippen MR) is 105 cm³/mol. The molecule has 0 heterocycles. The molecule has 1 fully saturated rings. The first-order chi connectivity index (χ1) is 11.9. The second kappa shape index (κ2) is 7.09. The molecule has 0 aromatic heterocycles. The van der Waals surface area contributed by atoms with Gasteiger partial charge in [0.15, 0.2) is 11.6 Å². The summed E-state index contributed by atoms with van der Waals surface area (Å²) in [5.74, 6) is 0.395. The van der Waals surface area contributed by atoms with Gasteiger partial charge in [0.25, 0.3) is 0 Å². The molecule has 3 heteroatoms. The third-order valence-electron chi connectivity index (χ3n) is 5.45. The zero-order valence-corrected chi connectivity index (χ0v) is 16.2. The van der Waals surface area contributed by atoms with Crippen molar-refractivity contribution in [3.8, 4) is 0 Å². The first-order valence-corrected chi connectivity index (χ1v) is 12.7. The molecule has 0 radical (unpaired) electrons. The van der Waals surface area contributed by atoms with E-state index in [1.165, 1.54) is 0 Å². The van der Waals surface area contributed by atoms with Crippen LogP contribution in [-0.4, -0.2) is 19.6 Å². The number of ketones is 2. The molecule has 0 spiro atoms. The molecule has 2 aromatic carbocycles. The van der Waals surface area contributed by atoms with E-state index in [0.717, 1.165) is 24.0 Å². The van der Waals surface area contributed by atoms with Gasteiger partial charge in [-0.05, 0) is 18.4 Å². The largest absolute Gasteiger partial charge is 0.294 e. The Morgan fingerprint density at radius 1 is 0.720 bits per heavy atom. The van der Waals surface area contributed by atoms with Crippen LogP contribution in [0.5, 0.6) is 0 Å². The standard InChI is InChI=1S/C22H26O2Si/c1-25(2,3)22-18(20(23)16-10-6-4-7-11-16)14-15-19(22)21(24)17-12-8-5-9-13-17/h4-13,18-19,22H,14-15H2,1-3H3/t18-,19-/m0/s1. The number of benzene rings is 2. The molecule has 0 aliphatic heterocycles. The van der Waals surface area contributed by atoms with E-state index in [0.29, 0.717) is 0 Å². The van der Waals surface area contributed by atoms with E-state index in [4.69, 9.17) is 0 Å². The highest BCUT2D eigenvalue weighted by Crippen LogP contribution is 2.50. The fraction of sp³-hybridized carbons (Fsp3) is 0.364. The van der Waals surface area contributed by atoms with Gasteiger partial charge >= 0.3 is 0 Å². The fourth-order valence-corrected chi connectivity index (χ4v) is 7.48. The van der Waals surface area contributed by atoms with Crippen LogP contribution >= 0.6 is 0 Å². The Kier molecular flexibility index (Phi) is 5.05. The first kappa shape index (κ1) is 17.8. The van der Waals surface area contributed by atoms with Crippen molar-refractivity contribution >= 4 is 19.6 Å². The quantitative estimate of drug-likeness (QED) is 0.528. The molecule has 1 aliphatic carbocycles. The fourth-order valence-electron chi connectivity index (χ4n) is 4.43. The van der Waals surface area contributed by atoms with Crippen molar-refractivity contribution in [2.24, 2.45) is 11.8 Å². The molecule has 0 saturated heterocycles. The zero-order valence-electron chi connectivity index (χ0n) is 15.2. The molecule has 130 valence electrons. The monoisotopic (exact) mass is 350 g/mol. The molecule has 2 nitrogen and oxygen atoms in total. The lowest BCUT2D eigenvalue weighted by molar-refractivity contribution is 0.0894. The Balaban J connectivity index is 1.92. The maximum absolute atomic E-state index is 13.1. The van der Waals surface area contributed by atoms with Crippen LogP contribution in [-0.2, 0) is 0 Å². The van der Waals surface area contributed by atoms with Gasteiger partial charge < -0.3 is 0 Å². The molecule has 2 aromatic rings. The van der Waals surface area contributed by atoms with Gasteiger partial charge in [-0.3, -0.25) is 9.59 Å². The van der Waals surface area contributed by atoms with E-state index in [2.05, 4.69) is 19.6 Å². The third-order valence-corrected chi connectivity index (χ3v) is 8.25. The van der Waals surface area contributed by atoms with Crippen LogP contribution in [0.4, 0.5) is 0 Å². The van der Waals surface area contributed by atoms with Crippen LogP contribution in [0.1, 0.15) is 33.6 Å². The van der Waals surface area contributed by atoms with Crippen LogP contribution in [0.2, 0.25) is 25.2 Å². The Bertz CT molecular complexity index is 687. The van der Waals surface area contributed by atoms with Crippen LogP contribution in [0.25, 0.3) is 0 Å². The lowest BCUT2D eigenvalue weighted by atomic mass is 9.91. The lowest BCUT2D eigenvalue weighted by Gasteiger charge is -2.34. The molecular weight excluding hydrogens is 324 g/mol. The first-order valence-electron chi connectivity index (χ1n) is 9.08. The summed E-state index contributed by atoms with van der Waals surface area (Å²) < 4.78 is 0. The number of hydrogen-bond acceptors (Lipinski definition) is 2. The van der Waals surface area contributed by atoms with Crippen molar-refractivity contribution in [2.45, 2.75) is 38.0 Å². The molecule has 25 heavy (non-hydrogen) atoms. The maximum Gasteiger partial charge on any atom is 0.165 e. The normalized spacial score (nSPS) is 21.2. The molecule has 2 atom stereocenters. The summed E-state index contributed by atoms with van der Waals surface area (Å²) >= 11 is 0. The minimum atomic E-state index is -1.68. The van der Waals surface area contributed by atoms with Crippen LogP contribution in [0.3, 0.4) is 0 Å². The van der Waals surface area contributed by atoms with Gasteiger partial charge in [-0.15, -0.1) is 0 Å². The third kappa shape index (κ3) is 3.66. The van der Waals surface area contributed by atoms with Crippen LogP contribution < -0.4 is 0 Å². The Hall–Kier alpha value is -2.00. The number of carbonyl (C=O) groups is 2. The summed E-state index contributed by atoms with van der Waals surface area (Å²) in [6.45, 7) is 6.87. The predicted octanol–water partition coefficient (Wildman–Crippen LogP) is 5.49. The number of rotatable bonds is 5. The van der Waals surface area contributed by atoms with E-state index in [9.17, 15) is 9.59 Å². The van der Waals surface area contributed by atoms with Crippen LogP contribution in [0, 0.1) is 11.8 Å². The van der Waals surface area contributed by atoms with Crippen molar-refractivity contribution in [1.82, 2.24) is 0 Å². The Morgan fingerprint density at radius 2 is 1.08 bits per heavy atom. The highest BCUT2D eigenvalue weighted by molar-refractivity contribution is 6.78.